The Morgan fingerprint density at radius 1 is 0.911 bits per heavy atom. The molecule has 45 heavy (non-hydrogen) atoms. The minimum atomic E-state index is -4.83. The molecule has 0 aliphatic carbocycles. The number of amides is 2. The van der Waals surface area contributed by atoms with Crippen molar-refractivity contribution in [3.8, 4) is 22.6 Å². The Hall–Kier alpha value is -5.59. The van der Waals surface area contributed by atoms with Gasteiger partial charge in [0.25, 0.3) is 5.91 Å². The summed E-state index contributed by atoms with van der Waals surface area (Å²) in [5.41, 5.74) is 2.96. The lowest BCUT2D eigenvalue weighted by Crippen LogP contribution is -2.39. The molecule has 1 heterocycles. The Labute approximate surface area is 255 Å². The van der Waals surface area contributed by atoms with Crippen molar-refractivity contribution in [2.45, 2.75) is 32.2 Å². The highest BCUT2D eigenvalue weighted by atomic mass is 19.4. The lowest BCUT2D eigenvalue weighted by atomic mass is 9.83. The molecule has 4 aromatic rings. The number of carbonyl (C=O) groups excluding carboxylic acids is 2. The highest BCUT2D eigenvalue weighted by Crippen LogP contribution is 2.39. The van der Waals surface area contributed by atoms with Gasteiger partial charge in [0.05, 0.1) is 40.1 Å². The van der Waals surface area contributed by atoms with E-state index in [1.165, 1.54) is 31.4 Å². The summed E-state index contributed by atoms with van der Waals surface area (Å²) in [5.74, 6) is -1.05. The second-order valence-corrected chi connectivity index (χ2v) is 10.7. The van der Waals surface area contributed by atoms with Crippen LogP contribution in [0, 0.1) is 10.1 Å². The maximum Gasteiger partial charge on any atom is 0.573 e. The maximum atomic E-state index is 13.2. The molecule has 5 rings (SSSR count). The molecule has 0 spiro atoms. The Morgan fingerprint density at radius 3 is 2.36 bits per heavy atom. The fraction of sp³-hybridized carbons (Fsp3) is 0.188. The third-order valence-corrected chi connectivity index (χ3v) is 7.39. The van der Waals surface area contributed by atoms with E-state index in [-0.39, 0.29) is 35.5 Å². The van der Waals surface area contributed by atoms with Crippen molar-refractivity contribution in [3.63, 3.8) is 0 Å². The molecule has 10 nitrogen and oxygen atoms in total. The van der Waals surface area contributed by atoms with Crippen LogP contribution in [0.25, 0.3) is 11.1 Å². The largest absolute Gasteiger partial charge is 0.573 e. The minimum Gasteiger partial charge on any atom is -0.490 e. The first-order chi connectivity index (χ1) is 21.2. The molecule has 0 bridgehead atoms. The summed E-state index contributed by atoms with van der Waals surface area (Å²) in [6, 6.07) is 20.1. The SMILES string of the molecule is COc1cc(-c2ccc3c(c2)Nc2ccc(C(C)(C)C(=O)NCc4cccc(OC(F)(F)F)c4)cc2NC3=O)ccc1[N+](=O)[O-]. The summed E-state index contributed by atoms with van der Waals surface area (Å²) in [6.07, 6.45) is -4.83. The third-order valence-electron chi connectivity index (χ3n) is 7.39. The van der Waals surface area contributed by atoms with Crippen LogP contribution in [0.3, 0.4) is 0 Å². The molecule has 232 valence electrons. The van der Waals surface area contributed by atoms with E-state index in [2.05, 4.69) is 20.7 Å². The number of benzene rings is 4. The number of fused-ring (bicyclic) bond motifs is 2. The van der Waals surface area contributed by atoms with Crippen molar-refractivity contribution < 1.29 is 37.2 Å². The predicted molar refractivity (Wildman–Crippen MR) is 161 cm³/mol. The number of alkyl halides is 3. The molecule has 0 fully saturated rings. The Kier molecular flexibility index (Phi) is 8.11. The molecule has 3 N–H and O–H groups in total. The Morgan fingerprint density at radius 2 is 1.64 bits per heavy atom. The smallest absolute Gasteiger partial charge is 0.490 e. The number of halogens is 3. The molecular formula is C32H27F3N4O6. The van der Waals surface area contributed by atoms with Crippen LogP contribution < -0.4 is 25.4 Å². The van der Waals surface area contributed by atoms with E-state index in [4.69, 9.17) is 4.74 Å². The average molecular weight is 621 g/mol. The van der Waals surface area contributed by atoms with Crippen LogP contribution in [-0.4, -0.2) is 30.2 Å². The van der Waals surface area contributed by atoms with E-state index in [1.54, 1.807) is 68.4 Å². The number of carbonyl (C=O) groups is 2. The van der Waals surface area contributed by atoms with Crippen LogP contribution in [-0.2, 0) is 16.8 Å². The number of nitrogens with one attached hydrogen (secondary N) is 3. The number of hydrogen-bond donors (Lipinski definition) is 3. The van der Waals surface area contributed by atoms with Gasteiger partial charge in [-0.1, -0.05) is 24.3 Å². The van der Waals surface area contributed by atoms with Crippen molar-refractivity contribution in [2.24, 2.45) is 0 Å². The van der Waals surface area contributed by atoms with Gasteiger partial charge in [-0.2, -0.15) is 0 Å². The van der Waals surface area contributed by atoms with Gasteiger partial charge in [-0.3, -0.25) is 19.7 Å². The standard InChI is InChI=1S/C32H27F3N4O6/c1-31(2,30(41)36-17-18-5-4-6-22(13-18)45-32(33,34)35)21-9-11-24-26(16-21)38-29(40)23-10-7-19(14-25(23)37-24)20-8-12-27(39(42)43)28(15-20)44-3/h4-16,37H,17H2,1-3H3,(H,36,41)(H,38,40). The van der Waals surface area contributed by atoms with Gasteiger partial charge in [-0.05, 0) is 84.6 Å². The zero-order chi connectivity index (χ0) is 32.5. The first kappa shape index (κ1) is 30.9. The molecule has 1 aliphatic rings. The molecule has 0 radical (unpaired) electrons. The van der Waals surface area contributed by atoms with Gasteiger partial charge in [0.15, 0.2) is 5.75 Å². The van der Waals surface area contributed by atoms with Gasteiger partial charge in [0.1, 0.15) is 5.75 Å². The summed E-state index contributed by atoms with van der Waals surface area (Å²) in [7, 11) is 1.35. The van der Waals surface area contributed by atoms with Crippen LogP contribution >= 0.6 is 0 Å². The van der Waals surface area contributed by atoms with Crippen LogP contribution in [0.15, 0.2) is 78.9 Å². The highest BCUT2D eigenvalue weighted by molar-refractivity contribution is 6.12. The van der Waals surface area contributed by atoms with E-state index < -0.39 is 16.7 Å². The zero-order valence-electron chi connectivity index (χ0n) is 24.2. The third kappa shape index (κ3) is 6.66. The molecule has 0 atom stereocenters. The van der Waals surface area contributed by atoms with E-state index in [1.807, 2.05) is 0 Å². The second-order valence-electron chi connectivity index (χ2n) is 10.7. The summed E-state index contributed by atoms with van der Waals surface area (Å²) >= 11 is 0. The van der Waals surface area contributed by atoms with Crippen molar-refractivity contribution in [1.29, 1.82) is 0 Å². The van der Waals surface area contributed by atoms with Gasteiger partial charge in [0, 0.05) is 12.6 Å². The predicted octanol–water partition coefficient (Wildman–Crippen LogP) is 7.07. The lowest BCUT2D eigenvalue weighted by molar-refractivity contribution is -0.385. The van der Waals surface area contributed by atoms with Crippen molar-refractivity contribution >= 4 is 34.6 Å². The minimum absolute atomic E-state index is 0.0289. The number of nitro groups is 1. The molecule has 2 amide bonds. The summed E-state index contributed by atoms with van der Waals surface area (Å²) in [6.45, 7) is 3.36. The highest BCUT2D eigenvalue weighted by Gasteiger charge is 2.32. The number of nitro benzene ring substituents is 1. The monoisotopic (exact) mass is 620 g/mol. The quantitative estimate of drug-likeness (QED) is 0.142. The van der Waals surface area contributed by atoms with Gasteiger partial charge >= 0.3 is 12.0 Å². The van der Waals surface area contributed by atoms with E-state index in [9.17, 15) is 32.9 Å². The fourth-order valence-corrected chi connectivity index (χ4v) is 4.90. The first-order valence-corrected chi connectivity index (χ1v) is 13.6. The fourth-order valence-electron chi connectivity index (χ4n) is 4.90. The van der Waals surface area contributed by atoms with Gasteiger partial charge in [-0.25, -0.2) is 0 Å². The topological polar surface area (TPSA) is 132 Å². The second kappa shape index (κ2) is 11.8. The summed E-state index contributed by atoms with van der Waals surface area (Å²) in [4.78, 5) is 37.2. The molecule has 0 saturated carbocycles. The molecule has 0 unspecified atom stereocenters. The van der Waals surface area contributed by atoms with Gasteiger partial charge < -0.3 is 25.4 Å². The molecule has 4 aromatic carbocycles. The van der Waals surface area contributed by atoms with Crippen molar-refractivity contribution in [2.75, 3.05) is 17.7 Å². The average Bonchev–Trinajstić information content (AvgIpc) is 3.13. The molecule has 0 saturated heterocycles. The van der Waals surface area contributed by atoms with E-state index >= 15 is 0 Å². The number of rotatable bonds is 8. The summed E-state index contributed by atoms with van der Waals surface area (Å²) in [5, 5.41) is 20.2. The van der Waals surface area contributed by atoms with Crippen LogP contribution in [0.5, 0.6) is 11.5 Å². The molecule has 0 aromatic heterocycles. The molecular weight excluding hydrogens is 593 g/mol. The number of ether oxygens (including phenoxy) is 2. The molecule has 13 heteroatoms. The van der Waals surface area contributed by atoms with E-state index in [0.717, 1.165) is 0 Å². The Bertz CT molecular complexity index is 1820. The van der Waals surface area contributed by atoms with E-state index in [0.29, 0.717) is 44.9 Å². The number of anilines is 3. The number of hydrogen-bond acceptors (Lipinski definition) is 7. The number of nitrogens with zero attached hydrogens (tertiary/aromatic N) is 1. The van der Waals surface area contributed by atoms with Gasteiger partial charge in [-0.15, -0.1) is 13.2 Å². The van der Waals surface area contributed by atoms with Crippen molar-refractivity contribution in [1.82, 2.24) is 5.32 Å². The zero-order valence-corrected chi connectivity index (χ0v) is 24.2. The lowest BCUT2D eigenvalue weighted by Gasteiger charge is -2.25. The maximum absolute atomic E-state index is 13.2. The van der Waals surface area contributed by atoms with Gasteiger partial charge in [0.2, 0.25) is 5.91 Å². The normalized spacial score (nSPS) is 12.5. The van der Waals surface area contributed by atoms with Crippen LogP contribution in [0.1, 0.15) is 35.3 Å². The Balaban J connectivity index is 1.35. The summed E-state index contributed by atoms with van der Waals surface area (Å²) < 4.78 is 46.9. The van der Waals surface area contributed by atoms with Crippen LogP contribution in [0.4, 0.5) is 35.9 Å². The van der Waals surface area contributed by atoms with Crippen LogP contribution in [0.2, 0.25) is 0 Å². The number of methoxy groups -OCH3 is 1. The van der Waals surface area contributed by atoms with Crippen molar-refractivity contribution in [3.05, 3.63) is 106 Å². The molecule has 1 aliphatic heterocycles. The first-order valence-electron chi connectivity index (χ1n) is 13.6.